The lowest BCUT2D eigenvalue weighted by atomic mass is 10.2. The van der Waals surface area contributed by atoms with Crippen LogP contribution >= 0.6 is 0 Å². The summed E-state index contributed by atoms with van der Waals surface area (Å²) in [6, 6.07) is 6.92. The summed E-state index contributed by atoms with van der Waals surface area (Å²) in [5.74, 6) is 0.822. The number of benzene rings is 1. The van der Waals surface area contributed by atoms with Crippen molar-refractivity contribution in [2.45, 2.75) is 32.2 Å². The molecule has 1 N–H and O–H groups in total. The van der Waals surface area contributed by atoms with E-state index in [0.717, 1.165) is 17.0 Å². The molecule has 2 aromatic rings. The minimum Gasteiger partial charge on any atom is -0.380 e. The lowest BCUT2D eigenvalue weighted by molar-refractivity contribution is 0.392. The van der Waals surface area contributed by atoms with Crippen LogP contribution in [0.4, 0.5) is 5.69 Å². The van der Waals surface area contributed by atoms with Gasteiger partial charge in [-0.15, -0.1) is 0 Å². The number of nitrogens with one attached hydrogen (secondary N) is 1. The third-order valence-corrected chi connectivity index (χ3v) is 5.03. The molecule has 108 valence electrons. The SMILES string of the molecule is CCS(=O)(=O)c1ccccc1NCc1c(C)noc1C. The van der Waals surface area contributed by atoms with Gasteiger partial charge in [0.2, 0.25) is 0 Å². The van der Waals surface area contributed by atoms with Gasteiger partial charge in [-0.3, -0.25) is 0 Å². The van der Waals surface area contributed by atoms with E-state index in [-0.39, 0.29) is 5.75 Å². The molecule has 0 spiro atoms. The Morgan fingerprint density at radius 2 is 1.95 bits per heavy atom. The molecule has 5 nitrogen and oxygen atoms in total. The molecule has 1 aromatic heterocycles. The van der Waals surface area contributed by atoms with Crippen LogP contribution in [0.2, 0.25) is 0 Å². The van der Waals surface area contributed by atoms with Crippen LogP contribution in [0.15, 0.2) is 33.7 Å². The summed E-state index contributed by atoms with van der Waals surface area (Å²) >= 11 is 0. The number of nitrogens with zero attached hydrogens (tertiary/aromatic N) is 1. The number of anilines is 1. The minimum absolute atomic E-state index is 0.0804. The van der Waals surface area contributed by atoms with E-state index in [4.69, 9.17) is 4.52 Å². The predicted molar refractivity (Wildman–Crippen MR) is 77.5 cm³/mol. The first-order valence-corrected chi connectivity index (χ1v) is 8.08. The first-order valence-electron chi connectivity index (χ1n) is 6.43. The quantitative estimate of drug-likeness (QED) is 0.918. The number of aromatic nitrogens is 1. The van der Waals surface area contributed by atoms with E-state index in [1.54, 1.807) is 25.1 Å². The van der Waals surface area contributed by atoms with E-state index in [9.17, 15) is 8.42 Å². The Kier molecular flexibility index (Phi) is 4.13. The number of hydrogen-bond acceptors (Lipinski definition) is 5. The zero-order chi connectivity index (χ0) is 14.8. The number of hydrogen-bond donors (Lipinski definition) is 1. The average Bonchev–Trinajstić information content (AvgIpc) is 2.76. The van der Waals surface area contributed by atoms with Gasteiger partial charge in [0.1, 0.15) is 5.76 Å². The highest BCUT2D eigenvalue weighted by Gasteiger charge is 2.16. The average molecular weight is 294 g/mol. The molecular formula is C14H18N2O3S. The van der Waals surface area contributed by atoms with Gasteiger partial charge in [0.05, 0.1) is 22.0 Å². The van der Waals surface area contributed by atoms with Gasteiger partial charge in [0.25, 0.3) is 0 Å². The van der Waals surface area contributed by atoms with E-state index >= 15 is 0 Å². The maximum Gasteiger partial charge on any atom is 0.180 e. The predicted octanol–water partition coefficient (Wildman–Crippen LogP) is 2.70. The Hall–Kier alpha value is -1.82. The lowest BCUT2D eigenvalue weighted by Gasteiger charge is -2.11. The van der Waals surface area contributed by atoms with E-state index in [0.29, 0.717) is 17.1 Å². The van der Waals surface area contributed by atoms with Crippen molar-refractivity contribution in [3.63, 3.8) is 0 Å². The van der Waals surface area contributed by atoms with Gasteiger partial charge in [-0.2, -0.15) is 0 Å². The second-order valence-electron chi connectivity index (χ2n) is 4.56. The lowest BCUT2D eigenvalue weighted by Crippen LogP contribution is -2.09. The normalized spacial score (nSPS) is 11.6. The van der Waals surface area contributed by atoms with Crippen LogP contribution in [-0.4, -0.2) is 19.3 Å². The van der Waals surface area contributed by atoms with E-state index < -0.39 is 9.84 Å². The van der Waals surface area contributed by atoms with Crippen LogP contribution in [0.25, 0.3) is 0 Å². The first-order chi connectivity index (χ1) is 9.45. The zero-order valence-corrected chi connectivity index (χ0v) is 12.6. The summed E-state index contributed by atoms with van der Waals surface area (Å²) in [4.78, 5) is 0.328. The van der Waals surface area contributed by atoms with Gasteiger partial charge in [-0.1, -0.05) is 24.2 Å². The molecule has 0 saturated heterocycles. The first kappa shape index (κ1) is 14.6. The fraction of sp³-hybridized carbons (Fsp3) is 0.357. The van der Waals surface area contributed by atoms with Crippen molar-refractivity contribution in [1.29, 1.82) is 0 Å². The molecule has 0 aliphatic carbocycles. The molecule has 0 aliphatic heterocycles. The monoisotopic (exact) mass is 294 g/mol. The van der Waals surface area contributed by atoms with Crippen LogP contribution in [0.3, 0.4) is 0 Å². The molecule has 0 aliphatic rings. The van der Waals surface area contributed by atoms with Gasteiger partial charge in [-0.05, 0) is 26.0 Å². The minimum atomic E-state index is -3.24. The zero-order valence-electron chi connectivity index (χ0n) is 11.8. The maximum atomic E-state index is 12.0. The smallest absolute Gasteiger partial charge is 0.180 e. The van der Waals surface area contributed by atoms with E-state index in [2.05, 4.69) is 10.5 Å². The Morgan fingerprint density at radius 1 is 1.25 bits per heavy atom. The molecule has 0 fully saturated rings. The summed E-state index contributed by atoms with van der Waals surface area (Å²) in [5, 5.41) is 7.04. The summed E-state index contributed by atoms with van der Waals surface area (Å²) in [5.41, 5.74) is 2.37. The van der Waals surface area contributed by atoms with Crippen LogP contribution in [-0.2, 0) is 16.4 Å². The second-order valence-corrected chi connectivity index (χ2v) is 6.80. The molecule has 0 atom stereocenters. The molecule has 1 heterocycles. The summed E-state index contributed by atoms with van der Waals surface area (Å²) in [7, 11) is -3.24. The topological polar surface area (TPSA) is 72.2 Å². The Balaban J connectivity index is 2.27. The molecule has 0 saturated carbocycles. The Morgan fingerprint density at radius 3 is 2.55 bits per heavy atom. The summed E-state index contributed by atoms with van der Waals surface area (Å²) < 4.78 is 29.2. The van der Waals surface area contributed by atoms with Crippen molar-refractivity contribution in [1.82, 2.24) is 5.16 Å². The van der Waals surface area contributed by atoms with Crippen molar-refractivity contribution >= 4 is 15.5 Å². The van der Waals surface area contributed by atoms with Gasteiger partial charge in [0, 0.05) is 12.1 Å². The Labute approximate surface area is 118 Å². The van der Waals surface area contributed by atoms with E-state index in [1.165, 1.54) is 0 Å². The highest BCUT2D eigenvalue weighted by molar-refractivity contribution is 7.91. The standard InChI is InChI=1S/C14H18N2O3S/c1-4-20(17,18)14-8-6-5-7-13(14)15-9-12-10(2)16-19-11(12)3/h5-8,15H,4,9H2,1-3H3. The van der Waals surface area contributed by atoms with Crippen LogP contribution in [0.1, 0.15) is 23.9 Å². The van der Waals surface area contributed by atoms with Crippen molar-refractivity contribution in [3.05, 3.63) is 41.3 Å². The molecule has 2 rings (SSSR count). The number of sulfone groups is 1. The fourth-order valence-electron chi connectivity index (χ4n) is 1.98. The number of rotatable bonds is 5. The highest BCUT2D eigenvalue weighted by atomic mass is 32.2. The summed E-state index contributed by atoms with van der Waals surface area (Å²) in [6.07, 6.45) is 0. The third-order valence-electron chi connectivity index (χ3n) is 3.24. The largest absolute Gasteiger partial charge is 0.380 e. The number of para-hydroxylation sites is 1. The molecule has 0 amide bonds. The van der Waals surface area contributed by atoms with Crippen LogP contribution in [0, 0.1) is 13.8 Å². The summed E-state index contributed by atoms with van der Waals surface area (Å²) in [6.45, 7) is 5.83. The molecule has 20 heavy (non-hydrogen) atoms. The van der Waals surface area contributed by atoms with Crippen molar-refractivity contribution in [2.75, 3.05) is 11.1 Å². The van der Waals surface area contributed by atoms with Gasteiger partial charge in [-0.25, -0.2) is 8.42 Å². The molecular weight excluding hydrogens is 276 g/mol. The van der Waals surface area contributed by atoms with Gasteiger partial charge < -0.3 is 9.84 Å². The molecule has 0 unspecified atom stereocenters. The van der Waals surface area contributed by atoms with Crippen LogP contribution < -0.4 is 5.32 Å². The highest BCUT2D eigenvalue weighted by Crippen LogP contribution is 2.23. The molecule has 0 radical (unpaired) electrons. The van der Waals surface area contributed by atoms with Crippen LogP contribution in [0.5, 0.6) is 0 Å². The molecule has 1 aromatic carbocycles. The molecule has 0 bridgehead atoms. The third kappa shape index (κ3) is 2.85. The molecule has 6 heteroatoms. The maximum absolute atomic E-state index is 12.0. The van der Waals surface area contributed by atoms with Gasteiger partial charge >= 0.3 is 0 Å². The van der Waals surface area contributed by atoms with Gasteiger partial charge in [0.15, 0.2) is 9.84 Å². The van der Waals surface area contributed by atoms with Crippen molar-refractivity contribution < 1.29 is 12.9 Å². The second kappa shape index (κ2) is 5.66. The number of aryl methyl sites for hydroxylation is 2. The Bertz CT molecular complexity index is 685. The van der Waals surface area contributed by atoms with Crippen molar-refractivity contribution in [2.24, 2.45) is 0 Å². The van der Waals surface area contributed by atoms with Crippen molar-refractivity contribution in [3.8, 4) is 0 Å². The fourth-order valence-corrected chi connectivity index (χ4v) is 3.05. The van der Waals surface area contributed by atoms with E-state index in [1.807, 2.05) is 19.9 Å².